The first-order valence-corrected chi connectivity index (χ1v) is 8.39. The molecule has 1 aliphatic carbocycles. The molecule has 3 rings (SSSR count). The third-order valence-electron chi connectivity index (χ3n) is 4.40. The van der Waals surface area contributed by atoms with Gasteiger partial charge in [-0.3, -0.25) is 9.59 Å². The summed E-state index contributed by atoms with van der Waals surface area (Å²) in [5.41, 5.74) is 1.70. The lowest BCUT2D eigenvalue weighted by atomic mass is 10.2. The van der Waals surface area contributed by atoms with Crippen LogP contribution in [0.1, 0.15) is 12.0 Å². The Hall–Kier alpha value is -3.53. The quantitative estimate of drug-likeness (QED) is 0.820. The zero-order valence-corrected chi connectivity index (χ0v) is 15.0. The summed E-state index contributed by atoms with van der Waals surface area (Å²) in [5, 5.41) is 14.4. The van der Waals surface area contributed by atoms with Crippen LogP contribution in [0.2, 0.25) is 0 Å². The molecular weight excluding hydrogens is 346 g/mol. The van der Waals surface area contributed by atoms with Crippen molar-refractivity contribution in [3.8, 4) is 17.6 Å². The van der Waals surface area contributed by atoms with Crippen LogP contribution >= 0.6 is 0 Å². The second-order valence-corrected chi connectivity index (χ2v) is 6.19. The fourth-order valence-corrected chi connectivity index (χ4v) is 2.79. The Labute approximate surface area is 156 Å². The van der Waals surface area contributed by atoms with E-state index in [0.29, 0.717) is 34.9 Å². The Morgan fingerprint density at radius 1 is 0.926 bits per heavy atom. The highest BCUT2D eigenvalue weighted by Crippen LogP contribution is 2.40. The van der Waals surface area contributed by atoms with Crippen molar-refractivity contribution in [1.29, 1.82) is 5.26 Å². The van der Waals surface area contributed by atoms with Gasteiger partial charge >= 0.3 is 0 Å². The van der Waals surface area contributed by atoms with Crippen molar-refractivity contribution >= 4 is 23.2 Å². The molecule has 0 saturated heterocycles. The molecule has 138 valence electrons. The Kier molecular flexibility index (Phi) is 5.27. The monoisotopic (exact) mass is 365 g/mol. The van der Waals surface area contributed by atoms with Gasteiger partial charge in [0.1, 0.15) is 0 Å². The summed E-state index contributed by atoms with van der Waals surface area (Å²) in [4.78, 5) is 24.7. The van der Waals surface area contributed by atoms with E-state index < -0.39 is 0 Å². The van der Waals surface area contributed by atoms with Crippen molar-refractivity contribution in [3.05, 3.63) is 48.0 Å². The largest absolute Gasteiger partial charge is 0.493 e. The van der Waals surface area contributed by atoms with E-state index in [1.807, 2.05) is 6.07 Å². The lowest BCUT2D eigenvalue weighted by Gasteiger charge is -2.10. The minimum Gasteiger partial charge on any atom is -0.493 e. The SMILES string of the molecule is COc1ccc(NC(=O)C2CC2C(=O)Nc2ccc(C#N)cc2)cc1OC. The number of hydrogen-bond donors (Lipinski definition) is 2. The molecule has 7 nitrogen and oxygen atoms in total. The second-order valence-electron chi connectivity index (χ2n) is 6.19. The number of amides is 2. The van der Waals surface area contributed by atoms with Crippen LogP contribution in [0.3, 0.4) is 0 Å². The van der Waals surface area contributed by atoms with Crippen LogP contribution in [-0.4, -0.2) is 26.0 Å². The highest BCUT2D eigenvalue weighted by atomic mass is 16.5. The number of nitriles is 1. The molecule has 0 bridgehead atoms. The van der Waals surface area contributed by atoms with Gasteiger partial charge in [-0.25, -0.2) is 0 Å². The van der Waals surface area contributed by atoms with Crippen LogP contribution in [0, 0.1) is 23.2 Å². The number of methoxy groups -OCH3 is 2. The summed E-state index contributed by atoms with van der Waals surface area (Å²) in [7, 11) is 3.06. The summed E-state index contributed by atoms with van der Waals surface area (Å²) in [6.07, 6.45) is 0.501. The Morgan fingerprint density at radius 3 is 2.04 bits per heavy atom. The average Bonchev–Trinajstić information content (AvgIpc) is 3.49. The third-order valence-corrected chi connectivity index (χ3v) is 4.40. The number of nitrogens with one attached hydrogen (secondary N) is 2. The first kappa shape index (κ1) is 18.3. The van der Waals surface area contributed by atoms with Crippen LogP contribution in [0.4, 0.5) is 11.4 Å². The van der Waals surface area contributed by atoms with E-state index in [-0.39, 0.29) is 23.7 Å². The Morgan fingerprint density at radius 2 is 1.48 bits per heavy atom. The highest BCUT2D eigenvalue weighted by molar-refractivity contribution is 6.03. The predicted octanol–water partition coefficient (Wildman–Crippen LogP) is 2.79. The summed E-state index contributed by atoms with van der Waals surface area (Å²) in [6.45, 7) is 0. The Bertz CT molecular complexity index is 902. The molecule has 0 aromatic heterocycles. The summed E-state index contributed by atoms with van der Waals surface area (Å²) in [5.74, 6) is -0.0468. The number of carbonyl (C=O) groups excluding carboxylic acids is 2. The van der Waals surface area contributed by atoms with Crippen molar-refractivity contribution in [3.63, 3.8) is 0 Å². The van der Waals surface area contributed by atoms with Crippen molar-refractivity contribution in [2.24, 2.45) is 11.8 Å². The van der Waals surface area contributed by atoms with Gasteiger partial charge in [-0.1, -0.05) is 0 Å². The fourth-order valence-electron chi connectivity index (χ4n) is 2.79. The number of anilines is 2. The maximum atomic E-state index is 12.4. The molecule has 2 atom stereocenters. The fraction of sp³-hybridized carbons (Fsp3) is 0.250. The van der Waals surface area contributed by atoms with Crippen molar-refractivity contribution in [2.75, 3.05) is 24.9 Å². The minimum absolute atomic E-state index is 0.202. The van der Waals surface area contributed by atoms with Gasteiger partial charge in [0.2, 0.25) is 11.8 Å². The molecule has 0 spiro atoms. The van der Waals surface area contributed by atoms with E-state index in [1.165, 1.54) is 14.2 Å². The number of nitrogens with zero attached hydrogens (tertiary/aromatic N) is 1. The van der Waals surface area contributed by atoms with Gasteiger partial charge in [0.05, 0.1) is 37.7 Å². The molecule has 2 aromatic rings. The molecule has 0 aliphatic heterocycles. The van der Waals surface area contributed by atoms with E-state index in [9.17, 15) is 9.59 Å². The van der Waals surface area contributed by atoms with E-state index in [1.54, 1.807) is 42.5 Å². The standard InChI is InChI=1S/C20H19N3O4/c1-26-17-8-7-14(9-18(17)27-2)23-20(25)16-10-15(16)19(24)22-13-5-3-12(11-21)4-6-13/h3-9,15-16H,10H2,1-2H3,(H,22,24)(H,23,25). The van der Waals surface area contributed by atoms with E-state index >= 15 is 0 Å². The van der Waals surface area contributed by atoms with Gasteiger partial charge in [-0.2, -0.15) is 5.26 Å². The van der Waals surface area contributed by atoms with Crippen molar-refractivity contribution in [1.82, 2.24) is 0 Å². The summed E-state index contributed by atoms with van der Waals surface area (Å²) >= 11 is 0. The first-order chi connectivity index (χ1) is 13.0. The van der Waals surface area contributed by atoms with Crippen LogP contribution < -0.4 is 20.1 Å². The highest BCUT2D eigenvalue weighted by Gasteiger charge is 2.48. The lowest BCUT2D eigenvalue weighted by Crippen LogP contribution is -2.20. The first-order valence-electron chi connectivity index (χ1n) is 8.39. The van der Waals surface area contributed by atoms with Crippen LogP contribution in [0.25, 0.3) is 0 Å². The smallest absolute Gasteiger partial charge is 0.228 e. The number of hydrogen-bond acceptors (Lipinski definition) is 5. The van der Waals surface area contributed by atoms with Crippen molar-refractivity contribution < 1.29 is 19.1 Å². The Balaban J connectivity index is 1.56. The average molecular weight is 365 g/mol. The maximum absolute atomic E-state index is 12.4. The third kappa shape index (κ3) is 4.18. The van der Waals surface area contributed by atoms with E-state index in [0.717, 1.165) is 0 Å². The molecule has 2 aromatic carbocycles. The lowest BCUT2D eigenvalue weighted by molar-refractivity contribution is -0.122. The minimum atomic E-state index is -0.364. The van der Waals surface area contributed by atoms with Crippen LogP contribution in [0.5, 0.6) is 11.5 Å². The van der Waals surface area contributed by atoms with Gasteiger partial charge in [-0.05, 0) is 42.8 Å². The summed E-state index contributed by atoms with van der Waals surface area (Å²) < 4.78 is 10.4. The number of ether oxygens (including phenoxy) is 2. The molecule has 0 heterocycles. The normalized spacial score (nSPS) is 17.4. The zero-order chi connectivity index (χ0) is 19.4. The second kappa shape index (κ2) is 7.79. The van der Waals surface area contributed by atoms with Gasteiger partial charge in [0.15, 0.2) is 11.5 Å². The van der Waals surface area contributed by atoms with Crippen LogP contribution in [-0.2, 0) is 9.59 Å². The predicted molar refractivity (Wildman–Crippen MR) is 99.6 cm³/mol. The van der Waals surface area contributed by atoms with Gasteiger partial charge in [-0.15, -0.1) is 0 Å². The molecule has 0 radical (unpaired) electrons. The molecular formula is C20H19N3O4. The van der Waals surface area contributed by atoms with Gasteiger partial charge in [0, 0.05) is 17.4 Å². The van der Waals surface area contributed by atoms with Crippen LogP contribution in [0.15, 0.2) is 42.5 Å². The molecule has 1 fully saturated rings. The van der Waals surface area contributed by atoms with Crippen molar-refractivity contribution in [2.45, 2.75) is 6.42 Å². The topological polar surface area (TPSA) is 100 Å². The van der Waals surface area contributed by atoms with E-state index in [2.05, 4.69) is 10.6 Å². The molecule has 7 heteroatoms. The number of benzene rings is 2. The molecule has 27 heavy (non-hydrogen) atoms. The molecule has 1 saturated carbocycles. The molecule has 2 unspecified atom stereocenters. The zero-order valence-electron chi connectivity index (χ0n) is 15.0. The van der Waals surface area contributed by atoms with Gasteiger partial charge < -0.3 is 20.1 Å². The van der Waals surface area contributed by atoms with E-state index in [4.69, 9.17) is 14.7 Å². The molecule has 2 N–H and O–H groups in total. The number of carbonyl (C=O) groups is 2. The molecule has 1 aliphatic rings. The maximum Gasteiger partial charge on any atom is 0.228 e. The van der Waals surface area contributed by atoms with Gasteiger partial charge in [0.25, 0.3) is 0 Å². The summed E-state index contributed by atoms with van der Waals surface area (Å²) in [6, 6.07) is 13.7. The molecule has 2 amide bonds. The number of rotatable bonds is 6.